The highest BCUT2D eigenvalue weighted by molar-refractivity contribution is 5.98. The maximum Gasteiger partial charge on any atom is 0.277 e. The van der Waals surface area contributed by atoms with E-state index in [9.17, 15) is 14.4 Å². The fourth-order valence-corrected chi connectivity index (χ4v) is 7.07. The van der Waals surface area contributed by atoms with Gasteiger partial charge in [-0.2, -0.15) is 0 Å². The average Bonchev–Trinajstić information content (AvgIpc) is 3.69. The number of aromatic amines is 1. The Hall–Kier alpha value is -5.17. The quantitative estimate of drug-likeness (QED) is 0.238. The number of carbonyl (C=O) groups excluding carboxylic acids is 3. The molecule has 2 aromatic heterocycles. The first-order valence-corrected chi connectivity index (χ1v) is 14.6. The summed E-state index contributed by atoms with van der Waals surface area (Å²) in [5, 5.41) is 9.88. The highest BCUT2D eigenvalue weighted by Gasteiger charge is 2.50. The number of piperazine rings is 1. The maximum atomic E-state index is 14.3. The number of hydrogen-bond acceptors (Lipinski definition) is 9. The van der Waals surface area contributed by atoms with Gasteiger partial charge in [0.15, 0.2) is 11.5 Å². The first-order valence-electron chi connectivity index (χ1n) is 14.6. The molecule has 2 saturated heterocycles. The van der Waals surface area contributed by atoms with Crippen LogP contribution in [0.25, 0.3) is 10.9 Å². The molecule has 0 aliphatic carbocycles. The summed E-state index contributed by atoms with van der Waals surface area (Å²) in [5.74, 6) is 0.942. The van der Waals surface area contributed by atoms with E-state index in [1.54, 1.807) is 15.3 Å². The number of amides is 3. The van der Waals surface area contributed by atoms with Crippen molar-refractivity contribution in [3.8, 4) is 11.5 Å². The number of ether oxygens (including phenoxy) is 2. The normalized spacial score (nSPS) is 21.4. The summed E-state index contributed by atoms with van der Waals surface area (Å²) in [4.78, 5) is 57.6. The van der Waals surface area contributed by atoms with Gasteiger partial charge in [0.2, 0.25) is 24.6 Å². The predicted octanol–water partition coefficient (Wildman–Crippen LogP) is 2.16. The average molecular weight is 596 g/mol. The molecule has 13 nitrogen and oxygen atoms in total. The molecule has 2 fully saturated rings. The van der Waals surface area contributed by atoms with Gasteiger partial charge >= 0.3 is 0 Å². The van der Waals surface area contributed by atoms with Crippen molar-refractivity contribution in [2.24, 2.45) is 0 Å². The Kier molecular flexibility index (Phi) is 6.15. The number of para-hydroxylation sites is 1. The molecule has 0 saturated carbocycles. The molecule has 6 heterocycles. The Bertz CT molecular complexity index is 1800. The van der Waals surface area contributed by atoms with E-state index >= 15 is 0 Å². The van der Waals surface area contributed by atoms with Gasteiger partial charge in [0.25, 0.3) is 5.91 Å². The number of H-pyrrole nitrogens is 1. The number of carbonyl (C=O) groups is 3. The largest absolute Gasteiger partial charge is 0.454 e. The fraction of sp³-hybridized carbons (Fsp3) is 0.323. The van der Waals surface area contributed by atoms with Crippen LogP contribution in [0.4, 0.5) is 5.95 Å². The van der Waals surface area contributed by atoms with Gasteiger partial charge in [-0.15, -0.1) is 0 Å². The summed E-state index contributed by atoms with van der Waals surface area (Å²) in [6, 6.07) is 12.6. The first-order chi connectivity index (χ1) is 21.5. The topological polar surface area (TPSA) is 153 Å². The molecule has 0 radical (unpaired) electrons. The minimum atomic E-state index is -0.680. The van der Waals surface area contributed by atoms with Crippen LogP contribution in [0.3, 0.4) is 0 Å². The molecule has 4 aromatic rings. The van der Waals surface area contributed by atoms with Gasteiger partial charge in [-0.1, -0.05) is 24.3 Å². The van der Waals surface area contributed by atoms with Crippen molar-refractivity contribution >= 4 is 34.6 Å². The van der Waals surface area contributed by atoms with Gasteiger partial charge in [-0.05, 0) is 42.2 Å². The maximum absolute atomic E-state index is 14.3. The summed E-state index contributed by atoms with van der Waals surface area (Å²) in [7, 11) is 0. The molecule has 1 unspecified atom stereocenters. The van der Waals surface area contributed by atoms with E-state index in [0.29, 0.717) is 49.8 Å². The van der Waals surface area contributed by atoms with Gasteiger partial charge in [0.05, 0.1) is 11.6 Å². The molecule has 224 valence electrons. The van der Waals surface area contributed by atoms with E-state index < -0.39 is 18.0 Å². The van der Waals surface area contributed by atoms with Crippen molar-refractivity contribution in [3.63, 3.8) is 0 Å². The summed E-state index contributed by atoms with van der Waals surface area (Å²) < 4.78 is 11.2. The lowest BCUT2D eigenvalue weighted by Gasteiger charge is -2.49. The van der Waals surface area contributed by atoms with E-state index in [-0.39, 0.29) is 36.8 Å². The fourth-order valence-electron chi connectivity index (χ4n) is 7.07. The number of anilines is 1. The van der Waals surface area contributed by atoms with Crippen LogP contribution in [0.2, 0.25) is 0 Å². The Labute approximate surface area is 251 Å². The second-order valence-corrected chi connectivity index (χ2v) is 11.5. The first kappa shape index (κ1) is 26.5. The van der Waals surface area contributed by atoms with E-state index in [4.69, 9.17) is 14.7 Å². The SMILES string of the molecule is O=C(NO)c1cnc(N2CCC(N3CC(=O)N4C(c5ccc6c(c5)OCO6)c5[nH]c6ccccc6c5C[C@H]4C3=O)CC2)nc1. The number of aromatic nitrogens is 3. The van der Waals surface area contributed by atoms with Crippen molar-refractivity contribution < 1.29 is 29.1 Å². The number of hydrogen-bond donors (Lipinski definition) is 3. The Morgan fingerprint density at radius 1 is 1.02 bits per heavy atom. The highest BCUT2D eigenvalue weighted by Crippen LogP contribution is 2.45. The van der Waals surface area contributed by atoms with Gasteiger partial charge < -0.3 is 29.2 Å². The number of hydroxylamine groups is 1. The molecule has 0 spiro atoms. The van der Waals surface area contributed by atoms with Crippen molar-refractivity contribution in [1.29, 1.82) is 0 Å². The molecule has 4 aliphatic heterocycles. The standard InChI is InChI=1S/C31H29N7O6/c39-26-15-37(19-7-9-36(10-8-19)31-32-13-18(14-33-31)29(40)35-42)30(41)23-12-21-20-3-1-2-4-22(20)34-27(21)28(38(23)26)17-5-6-24-25(11-17)44-16-43-24/h1-6,11,13-14,19,23,28,34,42H,7-10,12,15-16H2,(H,35,40)/t23-,28?/m0/s1. The molecule has 13 heteroatoms. The summed E-state index contributed by atoms with van der Waals surface area (Å²) in [6.45, 7) is 1.35. The Balaban J connectivity index is 1.07. The molecular weight excluding hydrogens is 566 g/mol. The molecule has 44 heavy (non-hydrogen) atoms. The van der Waals surface area contributed by atoms with Gasteiger partial charge in [-0.25, -0.2) is 15.4 Å². The Morgan fingerprint density at radius 3 is 2.59 bits per heavy atom. The number of rotatable bonds is 4. The molecule has 4 aliphatic rings. The Morgan fingerprint density at radius 2 is 1.80 bits per heavy atom. The molecule has 2 aromatic carbocycles. The molecule has 8 rings (SSSR count). The van der Waals surface area contributed by atoms with Gasteiger partial charge in [0.1, 0.15) is 12.6 Å². The van der Waals surface area contributed by atoms with Crippen LogP contribution < -0.4 is 19.9 Å². The minimum Gasteiger partial charge on any atom is -0.454 e. The molecule has 3 amide bonds. The van der Waals surface area contributed by atoms with Crippen LogP contribution in [0.15, 0.2) is 54.9 Å². The van der Waals surface area contributed by atoms with E-state index in [0.717, 1.165) is 27.7 Å². The van der Waals surface area contributed by atoms with E-state index in [2.05, 4.69) is 21.0 Å². The zero-order chi connectivity index (χ0) is 29.9. The number of piperidine rings is 1. The lowest BCUT2D eigenvalue weighted by molar-refractivity contribution is -0.161. The third kappa shape index (κ3) is 4.14. The lowest BCUT2D eigenvalue weighted by Crippen LogP contribution is -2.65. The van der Waals surface area contributed by atoms with E-state index in [1.165, 1.54) is 12.4 Å². The summed E-state index contributed by atoms with van der Waals surface area (Å²) in [6.07, 6.45) is 4.46. The van der Waals surface area contributed by atoms with Crippen molar-refractivity contribution in [2.75, 3.05) is 31.3 Å². The minimum absolute atomic E-state index is 0.0120. The molecular formula is C31H29N7O6. The van der Waals surface area contributed by atoms with Crippen LogP contribution >= 0.6 is 0 Å². The lowest BCUT2D eigenvalue weighted by atomic mass is 9.85. The highest BCUT2D eigenvalue weighted by atomic mass is 16.7. The number of nitrogens with zero attached hydrogens (tertiary/aromatic N) is 5. The smallest absolute Gasteiger partial charge is 0.277 e. The van der Waals surface area contributed by atoms with Crippen molar-refractivity contribution in [3.05, 3.63) is 77.2 Å². The van der Waals surface area contributed by atoms with Crippen LogP contribution in [0.1, 0.15) is 46.1 Å². The van der Waals surface area contributed by atoms with E-state index in [1.807, 2.05) is 41.3 Å². The zero-order valence-corrected chi connectivity index (χ0v) is 23.6. The van der Waals surface area contributed by atoms with Crippen LogP contribution in [-0.4, -0.2) is 86.2 Å². The molecule has 0 bridgehead atoms. The van der Waals surface area contributed by atoms with Crippen LogP contribution in [-0.2, 0) is 16.0 Å². The zero-order valence-electron chi connectivity index (χ0n) is 23.6. The van der Waals surface area contributed by atoms with Crippen LogP contribution in [0.5, 0.6) is 11.5 Å². The molecule has 3 N–H and O–H groups in total. The van der Waals surface area contributed by atoms with Crippen molar-refractivity contribution in [2.45, 2.75) is 37.4 Å². The van der Waals surface area contributed by atoms with Gasteiger partial charge in [0, 0.05) is 54.5 Å². The number of fused-ring (bicyclic) bond motifs is 5. The van der Waals surface area contributed by atoms with Crippen molar-refractivity contribution in [1.82, 2.24) is 30.2 Å². The molecule has 2 atom stereocenters. The second kappa shape index (κ2) is 10.2. The third-order valence-corrected chi connectivity index (χ3v) is 9.20. The predicted molar refractivity (Wildman–Crippen MR) is 155 cm³/mol. The summed E-state index contributed by atoms with van der Waals surface area (Å²) in [5.41, 5.74) is 5.53. The number of benzene rings is 2. The monoisotopic (exact) mass is 595 g/mol. The summed E-state index contributed by atoms with van der Waals surface area (Å²) >= 11 is 0. The third-order valence-electron chi connectivity index (χ3n) is 9.20. The second-order valence-electron chi connectivity index (χ2n) is 11.5. The van der Waals surface area contributed by atoms with Crippen LogP contribution in [0, 0.1) is 0 Å². The number of nitrogens with one attached hydrogen (secondary N) is 2. The van der Waals surface area contributed by atoms with Gasteiger partial charge in [-0.3, -0.25) is 19.6 Å².